The Morgan fingerprint density at radius 3 is 2.48 bits per heavy atom. The van der Waals surface area contributed by atoms with Crippen molar-refractivity contribution >= 4 is 29.7 Å². The molecule has 0 spiro atoms. The van der Waals surface area contributed by atoms with E-state index in [1.54, 1.807) is 0 Å². The van der Waals surface area contributed by atoms with Gasteiger partial charge in [-0.25, -0.2) is 0 Å². The van der Waals surface area contributed by atoms with Crippen molar-refractivity contribution in [1.29, 1.82) is 0 Å². The number of morpholine rings is 1. The molecule has 146 valence electrons. The number of para-hydroxylation sites is 1. The van der Waals surface area contributed by atoms with Crippen LogP contribution in [0.15, 0.2) is 54.6 Å². The number of rotatable bonds is 7. The smallest absolute Gasteiger partial charge is 0.221 e. The number of hydrogen-bond acceptors (Lipinski definition) is 4. The molecule has 3 rings (SSSR count). The van der Waals surface area contributed by atoms with Crippen molar-refractivity contribution in [2.45, 2.75) is 25.9 Å². The average molecular weight is 390 g/mol. The van der Waals surface area contributed by atoms with Crippen LogP contribution in [0.3, 0.4) is 0 Å². The molecule has 0 bridgehead atoms. The molecule has 5 nitrogen and oxygen atoms in total. The number of amides is 1. The summed E-state index contributed by atoms with van der Waals surface area (Å²) in [5, 5.41) is 6.29. The average Bonchev–Trinajstić information content (AvgIpc) is 2.69. The fourth-order valence-electron chi connectivity index (χ4n) is 3.16. The molecule has 1 unspecified atom stereocenters. The molecule has 1 atom stereocenters. The molecule has 27 heavy (non-hydrogen) atoms. The minimum absolute atomic E-state index is 0. The number of halogens is 1. The van der Waals surface area contributed by atoms with Crippen molar-refractivity contribution < 1.29 is 9.53 Å². The fraction of sp³-hybridized carbons (Fsp3) is 0.381. The lowest BCUT2D eigenvalue weighted by Gasteiger charge is -2.24. The topological polar surface area (TPSA) is 53.6 Å². The van der Waals surface area contributed by atoms with Crippen LogP contribution in [0.1, 0.15) is 18.9 Å². The van der Waals surface area contributed by atoms with Gasteiger partial charge in [-0.05, 0) is 36.8 Å². The molecule has 6 heteroatoms. The van der Waals surface area contributed by atoms with Crippen LogP contribution >= 0.6 is 12.4 Å². The van der Waals surface area contributed by atoms with E-state index in [0.717, 1.165) is 30.9 Å². The molecule has 2 aromatic carbocycles. The van der Waals surface area contributed by atoms with Crippen molar-refractivity contribution in [2.75, 3.05) is 31.2 Å². The zero-order valence-electron chi connectivity index (χ0n) is 15.7. The maximum Gasteiger partial charge on any atom is 0.221 e. The highest BCUT2D eigenvalue weighted by Gasteiger charge is 2.16. The standard InChI is InChI=1S/C21H27N3O2.ClH/c1-2-24(19-6-4-3-5-7-19)20-10-8-17(9-11-20)15-23-21(25)14-18-16-26-13-12-22-18;/h3-11,18,22H,2,12-16H2,1H3,(H,23,25);1H. The number of nitrogens with one attached hydrogen (secondary N) is 2. The molecular weight excluding hydrogens is 362 g/mol. The third-order valence-electron chi connectivity index (χ3n) is 4.55. The Labute approximate surface area is 167 Å². The first kappa shape index (κ1) is 21.2. The lowest BCUT2D eigenvalue weighted by atomic mass is 10.1. The number of carbonyl (C=O) groups is 1. The monoisotopic (exact) mass is 389 g/mol. The number of nitrogens with zero attached hydrogens (tertiary/aromatic N) is 1. The minimum atomic E-state index is 0. The Kier molecular flexibility index (Phi) is 8.58. The third kappa shape index (κ3) is 6.24. The second-order valence-electron chi connectivity index (χ2n) is 6.45. The summed E-state index contributed by atoms with van der Waals surface area (Å²) in [6.07, 6.45) is 0.454. The van der Waals surface area contributed by atoms with E-state index in [0.29, 0.717) is 19.6 Å². The maximum atomic E-state index is 12.1. The quantitative estimate of drug-likeness (QED) is 0.763. The molecule has 2 N–H and O–H groups in total. The molecule has 1 saturated heterocycles. The predicted molar refractivity (Wildman–Crippen MR) is 112 cm³/mol. The van der Waals surface area contributed by atoms with Gasteiger partial charge in [0.15, 0.2) is 0 Å². The number of anilines is 2. The highest BCUT2D eigenvalue weighted by Crippen LogP contribution is 2.24. The maximum absolute atomic E-state index is 12.1. The van der Waals surface area contributed by atoms with Gasteiger partial charge in [-0.3, -0.25) is 4.79 Å². The van der Waals surface area contributed by atoms with Crippen LogP contribution < -0.4 is 15.5 Å². The second kappa shape index (κ2) is 10.9. The van der Waals surface area contributed by atoms with Crippen molar-refractivity contribution in [2.24, 2.45) is 0 Å². The molecule has 0 radical (unpaired) electrons. The van der Waals surface area contributed by atoms with E-state index < -0.39 is 0 Å². The van der Waals surface area contributed by atoms with Gasteiger partial charge < -0.3 is 20.3 Å². The zero-order chi connectivity index (χ0) is 18.2. The lowest BCUT2D eigenvalue weighted by Crippen LogP contribution is -2.44. The molecule has 1 fully saturated rings. The third-order valence-corrected chi connectivity index (χ3v) is 4.55. The summed E-state index contributed by atoms with van der Waals surface area (Å²) >= 11 is 0. The van der Waals surface area contributed by atoms with E-state index in [-0.39, 0.29) is 24.4 Å². The SMILES string of the molecule is CCN(c1ccccc1)c1ccc(CNC(=O)CC2COCCN2)cc1.Cl. The Balaban J connectivity index is 0.00000261. The summed E-state index contributed by atoms with van der Waals surface area (Å²) in [7, 11) is 0. The molecular formula is C21H28ClN3O2. The Bertz CT molecular complexity index is 688. The Hall–Kier alpha value is -2.08. The number of hydrogen-bond donors (Lipinski definition) is 2. The Morgan fingerprint density at radius 1 is 1.15 bits per heavy atom. The van der Waals surface area contributed by atoms with Crippen LogP contribution in [0.4, 0.5) is 11.4 Å². The van der Waals surface area contributed by atoms with Crippen LogP contribution in [0.25, 0.3) is 0 Å². The van der Waals surface area contributed by atoms with Gasteiger partial charge in [0, 0.05) is 43.5 Å². The van der Waals surface area contributed by atoms with E-state index in [2.05, 4.69) is 58.9 Å². The molecule has 0 aliphatic carbocycles. The summed E-state index contributed by atoms with van der Waals surface area (Å²) in [6, 6.07) is 18.8. The first-order chi connectivity index (χ1) is 12.8. The molecule has 1 aliphatic heterocycles. The zero-order valence-corrected chi connectivity index (χ0v) is 16.5. The summed E-state index contributed by atoms with van der Waals surface area (Å²) in [5.41, 5.74) is 3.43. The minimum Gasteiger partial charge on any atom is -0.378 e. The van der Waals surface area contributed by atoms with Crippen molar-refractivity contribution in [3.8, 4) is 0 Å². The van der Waals surface area contributed by atoms with Crippen LogP contribution in [-0.4, -0.2) is 38.3 Å². The normalized spacial score (nSPS) is 16.3. The molecule has 0 aromatic heterocycles. The van der Waals surface area contributed by atoms with E-state index in [1.165, 1.54) is 5.69 Å². The highest BCUT2D eigenvalue weighted by atomic mass is 35.5. The van der Waals surface area contributed by atoms with Gasteiger partial charge in [-0.1, -0.05) is 30.3 Å². The summed E-state index contributed by atoms with van der Waals surface area (Å²) < 4.78 is 5.38. The van der Waals surface area contributed by atoms with Gasteiger partial charge in [0.2, 0.25) is 5.91 Å². The summed E-state index contributed by atoms with van der Waals surface area (Å²) in [6.45, 7) is 5.73. The van der Waals surface area contributed by atoms with E-state index in [9.17, 15) is 4.79 Å². The lowest BCUT2D eigenvalue weighted by molar-refractivity contribution is -0.122. The largest absolute Gasteiger partial charge is 0.378 e. The molecule has 1 heterocycles. The van der Waals surface area contributed by atoms with Crippen molar-refractivity contribution in [3.63, 3.8) is 0 Å². The van der Waals surface area contributed by atoms with Crippen molar-refractivity contribution in [1.82, 2.24) is 10.6 Å². The number of carbonyl (C=O) groups excluding carboxylic acids is 1. The fourth-order valence-corrected chi connectivity index (χ4v) is 3.16. The van der Waals surface area contributed by atoms with Crippen LogP contribution in [0, 0.1) is 0 Å². The van der Waals surface area contributed by atoms with Crippen molar-refractivity contribution in [3.05, 3.63) is 60.2 Å². The first-order valence-electron chi connectivity index (χ1n) is 9.25. The molecule has 0 saturated carbocycles. The van der Waals surface area contributed by atoms with E-state index >= 15 is 0 Å². The van der Waals surface area contributed by atoms with Crippen LogP contribution in [0.5, 0.6) is 0 Å². The van der Waals surface area contributed by atoms with Gasteiger partial charge in [0.25, 0.3) is 0 Å². The van der Waals surface area contributed by atoms with Gasteiger partial charge in [0.05, 0.1) is 13.2 Å². The predicted octanol–water partition coefficient (Wildman–Crippen LogP) is 3.26. The van der Waals surface area contributed by atoms with Crippen LogP contribution in [0.2, 0.25) is 0 Å². The number of benzene rings is 2. The Morgan fingerprint density at radius 2 is 1.85 bits per heavy atom. The summed E-state index contributed by atoms with van der Waals surface area (Å²) in [5.74, 6) is 0.0524. The second-order valence-corrected chi connectivity index (χ2v) is 6.45. The van der Waals surface area contributed by atoms with Gasteiger partial charge in [0.1, 0.15) is 0 Å². The molecule has 2 aromatic rings. The first-order valence-corrected chi connectivity index (χ1v) is 9.25. The molecule has 1 amide bonds. The summed E-state index contributed by atoms with van der Waals surface area (Å²) in [4.78, 5) is 14.3. The van der Waals surface area contributed by atoms with Gasteiger partial charge in [-0.15, -0.1) is 12.4 Å². The van der Waals surface area contributed by atoms with Gasteiger partial charge in [-0.2, -0.15) is 0 Å². The van der Waals surface area contributed by atoms with Crippen LogP contribution in [-0.2, 0) is 16.1 Å². The number of ether oxygens (including phenoxy) is 1. The van der Waals surface area contributed by atoms with E-state index in [1.807, 2.05) is 18.2 Å². The van der Waals surface area contributed by atoms with E-state index in [4.69, 9.17) is 4.74 Å². The molecule has 1 aliphatic rings. The van der Waals surface area contributed by atoms with Gasteiger partial charge >= 0.3 is 0 Å². The highest BCUT2D eigenvalue weighted by molar-refractivity contribution is 5.85.